The molecule has 0 spiro atoms. The molecule has 0 unspecified atom stereocenters. The summed E-state index contributed by atoms with van der Waals surface area (Å²) in [6, 6.07) is 16.5. The molecule has 1 aromatic heterocycles. The van der Waals surface area contributed by atoms with Gasteiger partial charge in [0.25, 0.3) is 5.91 Å². The molecule has 0 atom stereocenters. The second-order valence-corrected chi connectivity index (χ2v) is 6.48. The van der Waals surface area contributed by atoms with Crippen molar-refractivity contribution >= 4 is 11.7 Å². The van der Waals surface area contributed by atoms with Gasteiger partial charge in [-0.3, -0.25) is 9.59 Å². The van der Waals surface area contributed by atoms with Gasteiger partial charge in [0.2, 0.25) is 5.78 Å². The molecule has 2 N–H and O–H groups in total. The molecule has 0 fully saturated rings. The van der Waals surface area contributed by atoms with Gasteiger partial charge in [0.1, 0.15) is 5.75 Å². The van der Waals surface area contributed by atoms with Crippen molar-refractivity contribution in [1.82, 2.24) is 4.57 Å². The standard InChI is InChI=1S/C22H22N2O3/c1-14-8-4-6-10-19(14)24-15(2)12-18(16(24)3)20(25)13-27-21-11-7-5-9-17(21)22(23)26/h4-12H,13H2,1-3H3,(H2,23,26). The number of para-hydroxylation sites is 2. The third-order valence-corrected chi connectivity index (χ3v) is 4.60. The summed E-state index contributed by atoms with van der Waals surface area (Å²) < 4.78 is 7.66. The first-order chi connectivity index (χ1) is 12.9. The van der Waals surface area contributed by atoms with Gasteiger partial charge < -0.3 is 15.0 Å². The molecule has 0 radical (unpaired) electrons. The SMILES string of the molecule is Cc1ccccc1-n1c(C)cc(C(=O)COc2ccccc2C(N)=O)c1C. The molecule has 0 aliphatic rings. The van der Waals surface area contributed by atoms with E-state index in [2.05, 4.69) is 4.57 Å². The van der Waals surface area contributed by atoms with E-state index in [0.717, 1.165) is 22.6 Å². The van der Waals surface area contributed by atoms with Crippen LogP contribution in [0, 0.1) is 20.8 Å². The zero-order valence-electron chi connectivity index (χ0n) is 15.7. The molecule has 138 valence electrons. The number of carbonyl (C=O) groups excluding carboxylic acids is 2. The van der Waals surface area contributed by atoms with E-state index < -0.39 is 5.91 Å². The van der Waals surface area contributed by atoms with Gasteiger partial charge in [0, 0.05) is 22.6 Å². The van der Waals surface area contributed by atoms with Gasteiger partial charge in [0.15, 0.2) is 6.61 Å². The van der Waals surface area contributed by atoms with E-state index in [1.807, 2.05) is 51.1 Å². The molecule has 0 saturated carbocycles. The number of Topliss-reactive ketones (excluding diaryl/α,β-unsaturated/α-hetero) is 1. The fourth-order valence-electron chi connectivity index (χ4n) is 3.25. The van der Waals surface area contributed by atoms with Gasteiger partial charge in [-0.2, -0.15) is 0 Å². The van der Waals surface area contributed by atoms with Gasteiger partial charge in [-0.15, -0.1) is 0 Å². The number of ether oxygens (including phenoxy) is 1. The van der Waals surface area contributed by atoms with Crippen molar-refractivity contribution in [2.45, 2.75) is 20.8 Å². The van der Waals surface area contributed by atoms with Gasteiger partial charge in [-0.25, -0.2) is 0 Å². The van der Waals surface area contributed by atoms with Crippen LogP contribution in [-0.2, 0) is 0 Å². The summed E-state index contributed by atoms with van der Waals surface area (Å²) in [6.45, 7) is 5.77. The predicted octanol–water partition coefficient (Wildman–Crippen LogP) is 3.76. The third kappa shape index (κ3) is 3.62. The molecule has 0 bridgehead atoms. The Balaban J connectivity index is 1.86. The van der Waals surface area contributed by atoms with Crippen molar-refractivity contribution in [2.24, 2.45) is 5.73 Å². The minimum Gasteiger partial charge on any atom is -0.485 e. The number of primary amides is 1. The zero-order chi connectivity index (χ0) is 19.6. The van der Waals surface area contributed by atoms with E-state index in [0.29, 0.717) is 11.3 Å². The fourth-order valence-corrected chi connectivity index (χ4v) is 3.25. The number of nitrogens with two attached hydrogens (primary N) is 1. The maximum absolute atomic E-state index is 12.7. The Labute approximate surface area is 158 Å². The Kier molecular flexibility index (Phi) is 5.12. The summed E-state index contributed by atoms with van der Waals surface area (Å²) in [7, 11) is 0. The molecule has 3 rings (SSSR count). The highest BCUT2D eigenvalue weighted by atomic mass is 16.5. The van der Waals surface area contributed by atoms with Crippen molar-refractivity contribution < 1.29 is 14.3 Å². The summed E-state index contributed by atoms with van der Waals surface area (Å²) >= 11 is 0. The van der Waals surface area contributed by atoms with Crippen LogP contribution in [0.3, 0.4) is 0 Å². The monoisotopic (exact) mass is 362 g/mol. The molecule has 3 aromatic rings. The van der Waals surface area contributed by atoms with Crippen LogP contribution in [0.1, 0.15) is 37.7 Å². The quantitative estimate of drug-likeness (QED) is 0.679. The lowest BCUT2D eigenvalue weighted by Gasteiger charge is -2.13. The Bertz CT molecular complexity index is 1020. The van der Waals surface area contributed by atoms with E-state index in [9.17, 15) is 9.59 Å². The first kappa shape index (κ1) is 18.5. The lowest BCUT2D eigenvalue weighted by atomic mass is 10.1. The van der Waals surface area contributed by atoms with E-state index in [1.165, 1.54) is 0 Å². The van der Waals surface area contributed by atoms with Crippen LogP contribution in [0.5, 0.6) is 5.75 Å². The van der Waals surface area contributed by atoms with E-state index in [1.54, 1.807) is 24.3 Å². The minimum atomic E-state index is -0.587. The molecule has 5 heteroatoms. The van der Waals surface area contributed by atoms with Crippen molar-refractivity contribution in [3.63, 3.8) is 0 Å². The second kappa shape index (κ2) is 7.50. The number of rotatable bonds is 6. The molecule has 1 heterocycles. The number of nitrogens with zero attached hydrogens (tertiary/aromatic N) is 1. The van der Waals surface area contributed by atoms with Crippen molar-refractivity contribution in [1.29, 1.82) is 0 Å². The maximum atomic E-state index is 12.7. The van der Waals surface area contributed by atoms with Crippen LogP contribution in [0.4, 0.5) is 0 Å². The number of aryl methyl sites for hydroxylation is 2. The first-order valence-corrected chi connectivity index (χ1v) is 8.70. The van der Waals surface area contributed by atoms with Crippen LogP contribution in [0.15, 0.2) is 54.6 Å². The highest BCUT2D eigenvalue weighted by Gasteiger charge is 2.18. The van der Waals surface area contributed by atoms with Crippen molar-refractivity contribution in [3.05, 3.63) is 82.7 Å². The average molecular weight is 362 g/mol. The Morgan fingerprint density at radius 3 is 2.33 bits per heavy atom. The van der Waals surface area contributed by atoms with E-state index in [-0.39, 0.29) is 18.0 Å². The third-order valence-electron chi connectivity index (χ3n) is 4.60. The molecule has 2 aromatic carbocycles. The van der Waals surface area contributed by atoms with Crippen LogP contribution in [0.2, 0.25) is 0 Å². The number of ketones is 1. The zero-order valence-corrected chi connectivity index (χ0v) is 15.7. The van der Waals surface area contributed by atoms with Crippen LogP contribution in [0.25, 0.3) is 5.69 Å². The van der Waals surface area contributed by atoms with Gasteiger partial charge in [-0.05, 0) is 50.6 Å². The first-order valence-electron chi connectivity index (χ1n) is 8.70. The molecule has 0 aliphatic heterocycles. The van der Waals surface area contributed by atoms with Crippen molar-refractivity contribution in [3.8, 4) is 11.4 Å². The largest absolute Gasteiger partial charge is 0.485 e. The average Bonchev–Trinajstić information content (AvgIpc) is 2.95. The molecule has 1 amide bonds. The summed E-state index contributed by atoms with van der Waals surface area (Å²) in [5.74, 6) is -0.427. The lowest BCUT2D eigenvalue weighted by molar-refractivity contribution is 0.0911. The molecule has 0 saturated heterocycles. The lowest BCUT2D eigenvalue weighted by Crippen LogP contribution is -2.17. The topological polar surface area (TPSA) is 74.3 Å². The smallest absolute Gasteiger partial charge is 0.252 e. The van der Waals surface area contributed by atoms with E-state index >= 15 is 0 Å². The number of carbonyl (C=O) groups is 2. The molecule has 0 aliphatic carbocycles. The van der Waals surface area contributed by atoms with Crippen LogP contribution < -0.4 is 10.5 Å². The second-order valence-electron chi connectivity index (χ2n) is 6.48. The highest BCUT2D eigenvalue weighted by molar-refractivity contribution is 5.99. The van der Waals surface area contributed by atoms with Crippen molar-refractivity contribution in [2.75, 3.05) is 6.61 Å². The summed E-state index contributed by atoms with van der Waals surface area (Å²) in [6.07, 6.45) is 0. The molecule has 27 heavy (non-hydrogen) atoms. The summed E-state index contributed by atoms with van der Waals surface area (Å²) in [5, 5.41) is 0. The Morgan fingerprint density at radius 1 is 0.963 bits per heavy atom. The Hall–Kier alpha value is -3.34. The predicted molar refractivity (Wildman–Crippen MR) is 105 cm³/mol. The molecular weight excluding hydrogens is 340 g/mol. The highest BCUT2D eigenvalue weighted by Crippen LogP contribution is 2.24. The Morgan fingerprint density at radius 2 is 1.63 bits per heavy atom. The maximum Gasteiger partial charge on any atom is 0.252 e. The summed E-state index contributed by atoms with van der Waals surface area (Å²) in [4.78, 5) is 24.2. The number of amides is 1. The molecule has 5 nitrogen and oxygen atoms in total. The number of hydrogen-bond donors (Lipinski definition) is 1. The van der Waals surface area contributed by atoms with Crippen LogP contribution >= 0.6 is 0 Å². The summed E-state index contributed by atoms with van der Waals surface area (Å²) in [5.41, 5.74) is 10.2. The number of hydrogen-bond acceptors (Lipinski definition) is 3. The molecular formula is C22H22N2O3. The van der Waals surface area contributed by atoms with Gasteiger partial charge >= 0.3 is 0 Å². The van der Waals surface area contributed by atoms with E-state index in [4.69, 9.17) is 10.5 Å². The fraction of sp³-hybridized carbons (Fsp3) is 0.182. The number of aromatic nitrogens is 1. The van der Waals surface area contributed by atoms with Crippen LogP contribution in [-0.4, -0.2) is 22.9 Å². The normalized spacial score (nSPS) is 10.6. The minimum absolute atomic E-state index is 0.151. The van der Waals surface area contributed by atoms with Gasteiger partial charge in [-0.1, -0.05) is 30.3 Å². The number of benzene rings is 2. The van der Waals surface area contributed by atoms with Gasteiger partial charge in [0.05, 0.1) is 5.56 Å².